The van der Waals surface area contributed by atoms with E-state index in [0.717, 1.165) is 67.8 Å². The molecule has 194 valence electrons. The van der Waals surface area contributed by atoms with E-state index in [1.54, 1.807) is 13.3 Å². The van der Waals surface area contributed by atoms with Crippen LogP contribution in [0.4, 0.5) is 5.69 Å². The molecule has 0 bridgehead atoms. The number of nitrogens with one attached hydrogen (secondary N) is 2. The number of aromatic amines is 1. The lowest BCUT2D eigenvalue weighted by molar-refractivity contribution is -0.140. The van der Waals surface area contributed by atoms with E-state index in [1.165, 1.54) is 5.56 Å². The number of hydrogen-bond donors (Lipinski definition) is 3. The van der Waals surface area contributed by atoms with Crippen molar-refractivity contribution in [2.24, 2.45) is 16.8 Å². The van der Waals surface area contributed by atoms with Crippen LogP contribution in [-0.2, 0) is 27.2 Å². The van der Waals surface area contributed by atoms with Gasteiger partial charge in [0.2, 0.25) is 0 Å². The number of benzene rings is 1. The number of fused-ring (bicyclic) bond motifs is 1. The van der Waals surface area contributed by atoms with Gasteiger partial charge in [0.25, 0.3) is 5.56 Å². The van der Waals surface area contributed by atoms with Gasteiger partial charge in [-0.05, 0) is 74.6 Å². The minimum absolute atomic E-state index is 0.0795. The number of aliphatic imine (C=N–C) groups is 1. The Hall–Kier alpha value is -2.81. The molecule has 0 spiro atoms. The van der Waals surface area contributed by atoms with E-state index in [2.05, 4.69) is 28.5 Å². The second-order valence-corrected chi connectivity index (χ2v) is 9.94. The summed E-state index contributed by atoms with van der Waals surface area (Å²) in [5.74, 6) is 0.0168. The maximum Gasteiger partial charge on any atom is 0.320 e. The van der Waals surface area contributed by atoms with Crippen molar-refractivity contribution in [1.29, 1.82) is 0 Å². The topological polar surface area (TPSA) is 113 Å². The predicted molar refractivity (Wildman–Crippen MR) is 139 cm³/mol. The summed E-state index contributed by atoms with van der Waals surface area (Å²) in [4.78, 5) is 31.7. The lowest BCUT2D eigenvalue weighted by Crippen LogP contribution is -2.37. The van der Waals surface area contributed by atoms with Crippen molar-refractivity contribution in [2.75, 3.05) is 26.9 Å². The van der Waals surface area contributed by atoms with Gasteiger partial charge >= 0.3 is 5.97 Å². The summed E-state index contributed by atoms with van der Waals surface area (Å²) < 4.78 is 10.6. The predicted octanol–water partition coefficient (Wildman–Crippen LogP) is 3.76. The van der Waals surface area contributed by atoms with E-state index in [4.69, 9.17) is 14.5 Å². The summed E-state index contributed by atoms with van der Waals surface area (Å²) in [5, 5.41) is 12.6. The van der Waals surface area contributed by atoms with Gasteiger partial charge in [-0.3, -0.25) is 14.6 Å². The van der Waals surface area contributed by atoms with E-state index >= 15 is 0 Å². The number of aromatic nitrogens is 1. The van der Waals surface area contributed by atoms with Crippen molar-refractivity contribution < 1.29 is 19.4 Å². The maximum absolute atomic E-state index is 12.0. The van der Waals surface area contributed by atoms with Crippen molar-refractivity contribution >= 4 is 17.4 Å². The van der Waals surface area contributed by atoms with Gasteiger partial charge in [-0.15, -0.1) is 0 Å². The minimum atomic E-state index is -0.883. The largest absolute Gasteiger partial charge is 0.480 e. The summed E-state index contributed by atoms with van der Waals surface area (Å²) in [6.07, 6.45) is 7.32. The first-order valence-electron chi connectivity index (χ1n) is 12.9. The van der Waals surface area contributed by atoms with Crippen molar-refractivity contribution in [2.45, 2.75) is 58.0 Å². The van der Waals surface area contributed by atoms with Gasteiger partial charge < -0.3 is 24.9 Å². The lowest BCUT2D eigenvalue weighted by Gasteiger charge is -2.27. The fourth-order valence-electron chi connectivity index (χ4n) is 5.17. The highest BCUT2D eigenvalue weighted by Crippen LogP contribution is 2.35. The van der Waals surface area contributed by atoms with Crippen molar-refractivity contribution in [3.8, 4) is 0 Å². The van der Waals surface area contributed by atoms with E-state index < -0.39 is 12.0 Å². The third-order valence-corrected chi connectivity index (χ3v) is 7.34. The Balaban J connectivity index is 1.62. The molecule has 36 heavy (non-hydrogen) atoms. The van der Waals surface area contributed by atoms with Gasteiger partial charge in [-0.25, -0.2) is 0 Å². The normalized spacial score (nSPS) is 19.3. The Bertz CT molecular complexity index is 1140. The molecule has 1 fully saturated rings. The molecule has 3 heterocycles. The fourth-order valence-corrected chi connectivity index (χ4v) is 5.17. The van der Waals surface area contributed by atoms with Gasteiger partial charge in [-0.1, -0.05) is 12.1 Å². The molecule has 0 aliphatic carbocycles. The van der Waals surface area contributed by atoms with Crippen LogP contribution >= 0.6 is 0 Å². The molecule has 2 aromatic rings. The van der Waals surface area contributed by atoms with Crippen LogP contribution in [0.25, 0.3) is 0 Å². The van der Waals surface area contributed by atoms with Crippen LogP contribution in [0.3, 0.4) is 0 Å². The second kappa shape index (κ2) is 12.4. The summed E-state index contributed by atoms with van der Waals surface area (Å²) in [5.41, 5.74) is 5.69. The number of aliphatic carboxylic acids is 1. The molecule has 1 saturated heterocycles. The second-order valence-electron chi connectivity index (χ2n) is 9.94. The van der Waals surface area contributed by atoms with E-state index in [0.29, 0.717) is 31.1 Å². The van der Waals surface area contributed by atoms with Crippen LogP contribution in [0.15, 0.2) is 40.2 Å². The number of H-pyrrole nitrogens is 1. The zero-order chi connectivity index (χ0) is 25.5. The molecule has 2 aliphatic heterocycles. The molecule has 8 heteroatoms. The SMILES string of the molecule is COCC[C@H](NCc1ccc2c(c1)N=C(c1c[nH]c(=O)c(C)c1)C(CC1CCOCC1)CC2)C(=O)O. The Labute approximate surface area is 212 Å². The average Bonchev–Trinajstić information content (AvgIpc) is 3.05. The smallest absolute Gasteiger partial charge is 0.320 e. The summed E-state index contributed by atoms with van der Waals surface area (Å²) in [6, 6.07) is 7.51. The number of methoxy groups -OCH3 is 1. The Morgan fingerprint density at radius 1 is 1.28 bits per heavy atom. The maximum atomic E-state index is 12.0. The molecular formula is C28H37N3O5. The minimum Gasteiger partial charge on any atom is -0.480 e. The highest BCUT2D eigenvalue weighted by atomic mass is 16.5. The van der Waals surface area contributed by atoms with Crippen molar-refractivity contribution in [3.63, 3.8) is 0 Å². The molecule has 2 aliphatic rings. The van der Waals surface area contributed by atoms with Crippen LogP contribution in [0.5, 0.6) is 0 Å². The Morgan fingerprint density at radius 2 is 2.08 bits per heavy atom. The van der Waals surface area contributed by atoms with Crippen molar-refractivity contribution in [3.05, 3.63) is 63.1 Å². The molecule has 0 saturated carbocycles. The zero-order valence-electron chi connectivity index (χ0n) is 21.2. The zero-order valence-corrected chi connectivity index (χ0v) is 21.2. The molecule has 1 aromatic carbocycles. The average molecular weight is 496 g/mol. The third-order valence-electron chi connectivity index (χ3n) is 7.34. The fraction of sp³-hybridized carbons (Fsp3) is 0.536. The first kappa shape index (κ1) is 26.3. The monoisotopic (exact) mass is 495 g/mol. The molecular weight excluding hydrogens is 458 g/mol. The first-order chi connectivity index (χ1) is 17.4. The molecule has 3 N–H and O–H groups in total. The molecule has 1 aromatic heterocycles. The van der Waals surface area contributed by atoms with Gasteiger partial charge in [0.05, 0.1) is 11.4 Å². The van der Waals surface area contributed by atoms with E-state index in [9.17, 15) is 14.7 Å². The number of aryl methyl sites for hydroxylation is 2. The van der Waals surface area contributed by atoms with Gasteiger partial charge in [0.15, 0.2) is 0 Å². The number of pyridine rings is 1. The molecule has 1 unspecified atom stereocenters. The number of nitrogens with zero attached hydrogens (tertiary/aromatic N) is 1. The van der Waals surface area contributed by atoms with Gasteiger partial charge in [0, 0.05) is 56.7 Å². The number of carboxylic acid groups (broad SMARTS) is 1. The Morgan fingerprint density at radius 3 is 2.81 bits per heavy atom. The molecule has 4 rings (SSSR count). The van der Waals surface area contributed by atoms with Gasteiger partial charge in [-0.2, -0.15) is 0 Å². The number of carboxylic acids is 1. The molecule has 0 radical (unpaired) electrons. The standard InChI is InChI=1S/C28H37N3O5/c1-18-13-23(17-30-27(18)32)26-22(14-19-7-11-36-12-8-19)6-5-21-4-3-20(15-25(21)31-26)16-29-24(28(33)34)9-10-35-2/h3-4,13,15,17,19,22,24,29H,5-12,14,16H2,1-2H3,(H,30,32)(H,33,34)/t22?,24-/m0/s1. The van der Waals surface area contributed by atoms with Crippen LogP contribution in [0.2, 0.25) is 0 Å². The molecule has 8 nitrogen and oxygen atoms in total. The number of carbonyl (C=O) groups is 1. The molecule has 0 amide bonds. The van der Waals surface area contributed by atoms with E-state index in [-0.39, 0.29) is 11.5 Å². The highest BCUT2D eigenvalue weighted by Gasteiger charge is 2.27. The number of hydrogen-bond acceptors (Lipinski definition) is 6. The quantitative estimate of drug-likeness (QED) is 0.463. The summed E-state index contributed by atoms with van der Waals surface area (Å²) in [6.45, 7) is 4.28. The number of ether oxygens (including phenoxy) is 2. The van der Waals surface area contributed by atoms with Gasteiger partial charge in [0.1, 0.15) is 6.04 Å². The number of rotatable bonds is 10. The van der Waals surface area contributed by atoms with E-state index in [1.807, 2.05) is 13.0 Å². The van der Waals surface area contributed by atoms with Crippen molar-refractivity contribution in [1.82, 2.24) is 10.3 Å². The molecule has 2 atom stereocenters. The third kappa shape index (κ3) is 6.69. The highest BCUT2D eigenvalue weighted by molar-refractivity contribution is 6.04. The van der Waals surface area contributed by atoms with Crippen LogP contribution < -0.4 is 10.9 Å². The van der Waals surface area contributed by atoms with Crippen LogP contribution in [-0.4, -0.2) is 54.7 Å². The van der Waals surface area contributed by atoms with Crippen LogP contribution in [0.1, 0.15) is 54.4 Å². The summed E-state index contributed by atoms with van der Waals surface area (Å²) in [7, 11) is 1.57. The lowest BCUT2D eigenvalue weighted by atomic mass is 9.82. The first-order valence-corrected chi connectivity index (χ1v) is 12.9. The van der Waals surface area contributed by atoms with Crippen LogP contribution in [0, 0.1) is 18.8 Å². The Kier molecular flexibility index (Phi) is 9.07. The summed E-state index contributed by atoms with van der Waals surface area (Å²) >= 11 is 0.